The molecule has 0 saturated carbocycles. The average Bonchev–Trinajstić information content (AvgIpc) is 3.04. The number of pyridine rings is 1. The van der Waals surface area contributed by atoms with E-state index in [9.17, 15) is 4.79 Å². The number of amides is 1. The molecular formula is C19H20N4O2. The van der Waals surface area contributed by atoms with Gasteiger partial charge >= 0.3 is 0 Å². The molecule has 1 atom stereocenters. The summed E-state index contributed by atoms with van der Waals surface area (Å²) in [5.74, 6) is 1.52. The summed E-state index contributed by atoms with van der Waals surface area (Å²) in [6, 6.07) is 11.4. The third-order valence-corrected chi connectivity index (χ3v) is 3.60. The Morgan fingerprint density at radius 3 is 2.72 bits per heavy atom. The number of benzene rings is 1. The van der Waals surface area contributed by atoms with E-state index in [1.54, 1.807) is 18.6 Å². The molecule has 1 amide bonds. The van der Waals surface area contributed by atoms with E-state index in [-0.39, 0.29) is 12.0 Å². The molecule has 6 heteroatoms. The van der Waals surface area contributed by atoms with Crippen molar-refractivity contribution in [1.29, 1.82) is 0 Å². The van der Waals surface area contributed by atoms with Gasteiger partial charge in [-0.05, 0) is 43.3 Å². The predicted octanol–water partition coefficient (Wildman–Crippen LogP) is 3.37. The number of carbonyl (C=O) groups is 1. The molecule has 2 heterocycles. The Bertz CT molecular complexity index is 828. The van der Waals surface area contributed by atoms with Crippen molar-refractivity contribution in [3.63, 3.8) is 0 Å². The molecule has 0 bridgehead atoms. The van der Waals surface area contributed by atoms with Crippen molar-refractivity contribution in [3.05, 3.63) is 61.2 Å². The van der Waals surface area contributed by atoms with Crippen LogP contribution in [-0.2, 0) is 11.3 Å². The van der Waals surface area contributed by atoms with Crippen LogP contribution in [0.1, 0.15) is 13.8 Å². The summed E-state index contributed by atoms with van der Waals surface area (Å²) in [5.41, 5.74) is 1.75. The van der Waals surface area contributed by atoms with Gasteiger partial charge in [-0.15, -0.1) is 0 Å². The summed E-state index contributed by atoms with van der Waals surface area (Å²) in [7, 11) is 0. The van der Waals surface area contributed by atoms with E-state index < -0.39 is 0 Å². The highest BCUT2D eigenvalue weighted by atomic mass is 16.5. The van der Waals surface area contributed by atoms with E-state index in [2.05, 4.69) is 19.9 Å². The molecule has 128 valence electrons. The van der Waals surface area contributed by atoms with Crippen molar-refractivity contribution in [2.24, 2.45) is 0 Å². The Morgan fingerprint density at radius 2 is 2.04 bits per heavy atom. The lowest BCUT2D eigenvalue weighted by molar-refractivity contribution is -0.114. The maximum absolute atomic E-state index is 11.1. The molecule has 3 aromatic rings. The minimum absolute atomic E-state index is 0.0317. The fourth-order valence-electron chi connectivity index (χ4n) is 2.59. The van der Waals surface area contributed by atoms with Gasteiger partial charge in [0.05, 0.1) is 12.7 Å². The second-order valence-electron chi connectivity index (χ2n) is 5.78. The summed E-state index contributed by atoms with van der Waals surface area (Å²) in [6.45, 7) is 4.17. The van der Waals surface area contributed by atoms with Crippen LogP contribution in [0.25, 0.3) is 11.4 Å². The van der Waals surface area contributed by atoms with E-state index in [0.29, 0.717) is 6.54 Å². The lowest BCUT2D eigenvalue weighted by Crippen LogP contribution is -2.19. The highest BCUT2D eigenvalue weighted by Gasteiger charge is 2.11. The van der Waals surface area contributed by atoms with Crippen molar-refractivity contribution in [1.82, 2.24) is 14.5 Å². The number of hydrogen-bond donors (Lipinski definition) is 1. The van der Waals surface area contributed by atoms with Gasteiger partial charge in [0.15, 0.2) is 0 Å². The maximum Gasteiger partial charge on any atom is 0.221 e. The smallest absolute Gasteiger partial charge is 0.221 e. The Kier molecular flexibility index (Phi) is 5.09. The Labute approximate surface area is 146 Å². The first-order chi connectivity index (χ1) is 12.1. The second-order valence-corrected chi connectivity index (χ2v) is 5.78. The average molecular weight is 336 g/mol. The minimum Gasteiger partial charge on any atom is -0.487 e. The van der Waals surface area contributed by atoms with Gasteiger partial charge in [0.1, 0.15) is 17.7 Å². The van der Waals surface area contributed by atoms with Crippen LogP contribution in [0.4, 0.5) is 5.69 Å². The highest BCUT2D eigenvalue weighted by Crippen LogP contribution is 2.21. The van der Waals surface area contributed by atoms with Crippen LogP contribution in [0.3, 0.4) is 0 Å². The normalized spacial score (nSPS) is 11.8. The Hall–Kier alpha value is -3.15. The first-order valence-corrected chi connectivity index (χ1v) is 8.07. The number of nitrogens with one attached hydrogen (secondary N) is 1. The molecule has 0 spiro atoms. The zero-order valence-corrected chi connectivity index (χ0v) is 14.2. The zero-order valence-electron chi connectivity index (χ0n) is 14.2. The van der Waals surface area contributed by atoms with Crippen LogP contribution >= 0.6 is 0 Å². The van der Waals surface area contributed by atoms with Crippen molar-refractivity contribution in [2.45, 2.75) is 26.5 Å². The van der Waals surface area contributed by atoms with Gasteiger partial charge in [0.25, 0.3) is 0 Å². The van der Waals surface area contributed by atoms with E-state index in [4.69, 9.17) is 4.74 Å². The van der Waals surface area contributed by atoms with E-state index in [1.807, 2.05) is 49.5 Å². The molecule has 3 rings (SSSR count). The molecule has 0 fully saturated rings. The number of imidazole rings is 1. The fourth-order valence-corrected chi connectivity index (χ4v) is 2.59. The summed E-state index contributed by atoms with van der Waals surface area (Å²) in [4.78, 5) is 19.6. The van der Waals surface area contributed by atoms with Crippen LogP contribution in [0.2, 0.25) is 0 Å². The third kappa shape index (κ3) is 4.44. The maximum atomic E-state index is 11.1. The molecule has 0 radical (unpaired) electrons. The van der Waals surface area contributed by atoms with Crippen molar-refractivity contribution < 1.29 is 9.53 Å². The van der Waals surface area contributed by atoms with Gasteiger partial charge in [-0.2, -0.15) is 0 Å². The minimum atomic E-state index is -0.0874. The van der Waals surface area contributed by atoms with Gasteiger partial charge in [-0.3, -0.25) is 9.78 Å². The molecule has 0 aliphatic heterocycles. The summed E-state index contributed by atoms with van der Waals surface area (Å²) in [5, 5.41) is 2.76. The molecule has 0 saturated heterocycles. The molecule has 6 nitrogen and oxygen atoms in total. The molecule has 25 heavy (non-hydrogen) atoms. The predicted molar refractivity (Wildman–Crippen MR) is 96.3 cm³/mol. The molecule has 1 aromatic carbocycles. The van der Waals surface area contributed by atoms with Crippen LogP contribution in [0, 0.1) is 0 Å². The summed E-state index contributed by atoms with van der Waals surface area (Å²) < 4.78 is 7.93. The number of aromatic nitrogens is 3. The highest BCUT2D eigenvalue weighted by molar-refractivity contribution is 5.88. The lowest BCUT2D eigenvalue weighted by Gasteiger charge is -2.16. The largest absolute Gasteiger partial charge is 0.487 e. The number of ether oxygens (including phenoxy) is 1. The zero-order chi connectivity index (χ0) is 17.6. The van der Waals surface area contributed by atoms with Crippen molar-refractivity contribution in [2.75, 3.05) is 5.32 Å². The molecule has 0 aliphatic carbocycles. The molecule has 1 N–H and O–H groups in total. The monoisotopic (exact) mass is 336 g/mol. The van der Waals surface area contributed by atoms with Gasteiger partial charge in [0.2, 0.25) is 5.91 Å². The molecular weight excluding hydrogens is 316 g/mol. The number of hydrogen-bond acceptors (Lipinski definition) is 4. The number of rotatable bonds is 6. The van der Waals surface area contributed by atoms with Crippen molar-refractivity contribution in [3.8, 4) is 17.1 Å². The van der Waals surface area contributed by atoms with Gasteiger partial charge in [-0.25, -0.2) is 4.98 Å². The lowest BCUT2D eigenvalue weighted by atomic mass is 10.2. The van der Waals surface area contributed by atoms with E-state index in [1.165, 1.54) is 6.92 Å². The third-order valence-electron chi connectivity index (χ3n) is 3.60. The van der Waals surface area contributed by atoms with Crippen LogP contribution in [0.5, 0.6) is 5.75 Å². The standard InChI is InChI=1S/C19H20N4O2/c1-14(25-18-4-3-9-20-12-18)13-23-11-10-21-19(23)16-5-7-17(8-6-16)22-15(2)24/h3-12,14H,13H2,1-2H3,(H,22,24)/t14-/m0/s1. The van der Waals surface area contributed by atoms with Gasteiger partial charge in [-0.1, -0.05) is 0 Å². The summed E-state index contributed by atoms with van der Waals surface area (Å²) >= 11 is 0. The first-order valence-electron chi connectivity index (χ1n) is 8.07. The Balaban J connectivity index is 1.70. The Morgan fingerprint density at radius 1 is 1.24 bits per heavy atom. The van der Waals surface area contributed by atoms with Gasteiger partial charge in [0, 0.05) is 36.8 Å². The molecule has 0 aliphatic rings. The molecule has 2 aromatic heterocycles. The number of carbonyl (C=O) groups excluding carboxylic acids is 1. The first kappa shape index (κ1) is 16.7. The topological polar surface area (TPSA) is 69.0 Å². The van der Waals surface area contributed by atoms with Crippen molar-refractivity contribution >= 4 is 11.6 Å². The van der Waals surface area contributed by atoms with E-state index in [0.717, 1.165) is 22.8 Å². The number of nitrogens with zero attached hydrogens (tertiary/aromatic N) is 3. The molecule has 0 unspecified atom stereocenters. The quantitative estimate of drug-likeness (QED) is 0.749. The number of anilines is 1. The fraction of sp³-hybridized carbons (Fsp3) is 0.211. The van der Waals surface area contributed by atoms with Gasteiger partial charge < -0.3 is 14.6 Å². The summed E-state index contributed by atoms with van der Waals surface area (Å²) in [6.07, 6.45) is 7.09. The van der Waals surface area contributed by atoms with Crippen LogP contribution in [-0.4, -0.2) is 26.5 Å². The van der Waals surface area contributed by atoms with E-state index >= 15 is 0 Å². The van der Waals surface area contributed by atoms with Crippen LogP contribution in [0.15, 0.2) is 61.2 Å². The SMILES string of the molecule is CC(=O)Nc1ccc(-c2nccn2C[C@H](C)Oc2cccnc2)cc1. The second kappa shape index (κ2) is 7.61. The van der Waals surface area contributed by atoms with Crippen LogP contribution < -0.4 is 10.1 Å².